The first-order valence-corrected chi connectivity index (χ1v) is 10.6. The molecular formula is C19H23NO5S2. The van der Waals surface area contributed by atoms with Gasteiger partial charge in [-0.3, -0.25) is 0 Å². The Morgan fingerprint density at radius 3 is 2.37 bits per heavy atom. The van der Waals surface area contributed by atoms with E-state index < -0.39 is 36.5 Å². The molecule has 6 nitrogen and oxygen atoms in total. The third-order valence-electron chi connectivity index (χ3n) is 4.55. The van der Waals surface area contributed by atoms with Crippen LogP contribution in [0.15, 0.2) is 46.5 Å². The van der Waals surface area contributed by atoms with Crippen molar-refractivity contribution in [3.05, 3.63) is 42.1 Å². The monoisotopic (exact) mass is 409 g/mol. The molecule has 0 saturated carbocycles. The third-order valence-corrected chi connectivity index (χ3v) is 6.54. The molecule has 1 saturated heterocycles. The van der Waals surface area contributed by atoms with Crippen molar-refractivity contribution in [2.45, 2.75) is 46.7 Å². The van der Waals surface area contributed by atoms with E-state index in [9.17, 15) is 20.4 Å². The molecule has 0 spiro atoms. The van der Waals surface area contributed by atoms with Crippen LogP contribution in [0.2, 0.25) is 0 Å². The lowest BCUT2D eigenvalue weighted by Crippen LogP contribution is -2.57. The van der Waals surface area contributed by atoms with Crippen LogP contribution in [0.3, 0.4) is 0 Å². The van der Waals surface area contributed by atoms with Crippen LogP contribution in [-0.4, -0.2) is 68.1 Å². The lowest BCUT2D eigenvalue weighted by molar-refractivity contribution is -0.205. The van der Waals surface area contributed by atoms with Crippen LogP contribution in [0, 0.1) is 6.92 Å². The van der Waals surface area contributed by atoms with Crippen molar-refractivity contribution in [1.82, 2.24) is 4.98 Å². The summed E-state index contributed by atoms with van der Waals surface area (Å²) in [5.74, 6) is 0. The van der Waals surface area contributed by atoms with Crippen molar-refractivity contribution in [1.29, 1.82) is 0 Å². The maximum Gasteiger partial charge on any atom is 0.136 e. The predicted molar refractivity (Wildman–Crippen MR) is 106 cm³/mol. The van der Waals surface area contributed by atoms with Gasteiger partial charge in [-0.2, -0.15) is 0 Å². The zero-order valence-electron chi connectivity index (χ0n) is 15.0. The van der Waals surface area contributed by atoms with Crippen LogP contribution >= 0.6 is 23.5 Å². The summed E-state index contributed by atoms with van der Waals surface area (Å²) in [5, 5.41) is 40.3. The van der Waals surface area contributed by atoms with E-state index >= 15 is 0 Å². The van der Waals surface area contributed by atoms with Crippen molar-refractivity contribution in [2.75, 3.05) is 12.9 Å². The quantitative estimate of drug-likeness (QED) is 0.553. The zero-order valence-corrected chi connectivity index (χ0v) is 16.7. The highest BCUT2D eigenvalue weighted by Crippen LogP contribution is 2.36. The van der Waals surface area contributed by atoms with Crippen molar-refractivity contribution >= 4 is 23.5 Å². The molecule has 0 radical (unpaired) electrons. The first-order valence-electron chi connectivity index (χ1n) is 8.53. The van der Waals surface area contributed by atoms with Gasteiger partial charge < -0.3 is 25.2 Å². The van der Waals surface area contributed by atoms with E-state index in [1.54, 1.807) is 11.8 Å². The van der Waals surface area contributed by atoms with E-state index in [4.69, 9.17) is 4.74 Å². The van der Waals surface area contributed by atoms with Gasteiger partial charge in [0.2, 0.25) is 0 Å². The summed E-state index contributed by atoms with van der Waals surface area (Å²) in [6, 6.07) is 9.93. The van der Waals surface area contributed by atoms with Gasteiger partial charge in [0.1, 0.15) is 29.9 Å². The maximum absolute atomic E-state index is 10.2. The highest BCUT2D eigenvalue weighted by Gasteiger charge is 2.43. The fraction of sp³-hybridized carbons (Fsp3) is 0.421. The second-order valence-corrected chi connectivity index (χ2v) is 8.35. The second kappa shape index (κ2) is 8.91. The van der Waals surface area contributed by atoms with Gasteiger partial charge in [0.15, 0.2) is 0 Å². The number of ether oxygens (including phenoxy) is 1. The standard InChI is InChI=1S/C19H23NO5S2/c1-10-7-11(12-4-6-15(26-2)20-8-12)3-5-14(10)27-19-18(24)17(23)16(22)13(9-21)25-19/h3-8,13,16-19,21-24H,9H2,1-2H3/t13-,16-,17+,18+,19-/m1/s1. The summed E-state index contributed by atoms with van der Waals surface area (Å²) < 4.78 is 5.57. The Labute approximate surface area is 166 Å². The minimum absolute atomic E-state index is 0.432. The molecule has 146 valence electrons. The normalized spacial score (nSPS) is 28.3. The Balaban J connectivity index is 1.77. The van der Waals surface area contributed by atoms with Crippen LogP contribution in [0.4, 0.5) is 0 Å². The fourth-order valence-electron chi connectivity index (χ4n) is 2.92. The SMILES string of the molecule is CSc1ccc(-c2ccc(S[C@H]3O[C@H](CO)[C@@H](O)[C@H](O)[C@@H]3O)c(C)c2)cn1. The number of benzene rings is 1. The van der Waals surface area contributed by atoms with Gasteiger partial charge in [-0.25, -0.2) is 4.98 Å². The number of nitrogens with zero attached hydrogens (tertiary/aromatic N) is 1. The summed E-state index contributed by atoms with van der Waals surface area (Å²) >= 11 is 2.85. The van der Waals surface area contributed by atoms with Crippen LogP contribution in [0.5, 0.6) is 0 Å². The number of aromatic nitrogens is 1. The number of hydrogen-bond donors (Lipinski definition) is 4. The van der Waals surface area contributed by atoms with Gasteiger partial charge in [-0.05, 0) is 36.4 Å². The van der Waals surface area contributed by atoms with Gasteiger partial charge in [-0.1, -0.05) is 30.0 Å². The van der Waals surface area contributed by atoms with Crippen molar-refractivity contribution < 1.29 is 25.2 Å². The average molecular weight is 410 g/mol. The highest BCUT2D eigenvalue weighted by molar-refractivity contribution is 8.00. The van der Waals surface area contributed by atoms with Crippen molar-refractivity contribution in [3.8, 4) is 11.1 Å². The second-order valence-electron chi connectivity index (χ2n) is 6.38. The van der Waals surface area contributed by atoms with E-state index in [1.807, 2.05) is 49.7 Å². The van der Waals surface area contributed by atoms with E-state index in [2.05, 4.69) is 4.98 Å². The minimum Gasteiger partial charge on any atom is -0.394 e. The summed E-state index contributed by atoms with van der Waals surface area (Å²) in [4.78, 5) is 5.28. The summed E-state index contributed by atoms with van der Waals surface area (Å²) in [7, 11) is 0. The van der Waals surface area contributed by atoms with Gasteiger partial charge in [0.25, 0.3) is 0 Å². The lowest BCUT2D eigenvalue weighted by atomic mass is 10.0. The number of aliphatic hydroxyl groups excluding tert-OH is 4. The molecule has 3 rings (SSSR count). The third kappa shape index (κ3) is 4.48. The van der Waals surface area contributed by atoms with Gasteiger partial charge in [-0.15, -0.1) is 11.8 Å². The minimum atomic E-state index is -1.37. The fourth-order valence-corrected chi connectivity index (χ4v) is 4.43. The molecule has 4 N–H and O–H groups in total. The van der Waals surface area contributed by atoms with Crippen LogP contribution in [-0.2, 0) is 4.74 Å². The zero-order chi connectivity index (χ0) is 19.6. The molecule has 0 amide bonds. The number of hydrogen-bond acceptors (Lipinski definition) is 8. The molecule has 0 unspecified atom stereocenters. The largest absolute Gasteiger partial charge is 0.394 e. The maximum atomic E-state index is 10.2. The first kappa shape index (κ1) is 20.6. The Kier molecular flexibility index (Phi) is 6.80. The Morgan fingerprint density at radius 2 is 1.78 bits per heavy atom. The Morgan fingerprint density at radius 1 is 1.04 bits per heavy atom. The summed E-state index contributed by atoms with van der Waals surface area (Å²) in [6.45, 7) is 1.53. The summed E-state index contributed by atoms with van der Waals surface area (Å²) in [5.41, 5.74) is 2.25. The molecule has 2 aromatic rings. The Hall–Kier alpha value is -1.13. The van der Waals surface area contributed by atoms with Crippen molar-refractivity contribution in [3.63, 3.8) is 0 Å². The average Bonchev–Trinajstić information content (AvgIpc) is 2.69. The molecule has 0 aliphatic carbocycles. The smallest absolute Gasteiger partial charge is 0.136 e. The van der Waals surface area contributed by atoms with E-state index in [1.165, 1.54) is 11.8 Å². The van der Waals surface area contributed by atoms with Crippen LogP contribution in [0.25, 0.3) is 11.1 Å². The molecule has 1 fully saturated rings. The number of thioether (sulfide) groups is 2. The van der Waals surface area contributed by atoms with Gasteiger partial charge in [0, 0.05) is 16.7 Å². The molecule has 1 aromatic carbocycles. The van der Waals surface area contributed by atoms with E-state index in [0.717, 1.165) is 26.6 Å². The molecule has 5 atom stereocenters. The first-order chi connectivity index (χ1) is 12.9. The molecule has 1 aliphatic heterocycles. The van der Waals surface area contributed by atoms with Gasteiger partial charge >= 0.3 is 0 Å². The molecule has 8 heteroatoms. The van der Waals surface area contributed by atoms with Crippen LogP contribution in [0.1, 0.15) is 5.56 Å². The molecular weight excluding hydrogens is 386 g/mol. The van der Waals surface area contributed by atoms with E-state index in [0.29, 0.717) is 0 Å². The van der Waals surface area contributed by atoms with Gasteiger partial charge in [0.05, 0.1) is 11.6 Å². The number of pyridine rings is 1. The number of rotatable bonds is 5. The van der Waals surface area contributed by atoms with E-state index in [-0.39, 0.29) is 0 Å². The molecule has 27 heavy (non-hydrogen) atoms. The topological polar surface area (TPSA) is 103 Å². The molecule has 1 aliphatic rings. The lowest BCUT2D eigenvalue weighted by Gasteiger charge is -2.39. The van der Waals surface area contributed by atoms with Crippen molar-refractivity contribution in [2.24, 2.45) is 0 Å². The Bertz CT molecular complexity index is 771. The predicted octanol–water partition coefficient (Wildman–Crippen LogP) is 1.67. The van der Waals surface area contributed by atoms with Crippen LogP contribution < -0.4 is 0 Å². The number of aryl methyl sites for hydroxylation is 1. The molecule has 1 aromatic heterocycles. The number of aliphatic hydroxyl groups is 4. The highest BCUT2D eigenvalue weighted by atomic mass is 32.2. The molecule has 2 heterocycles. The summed E-state index contributed by atoms with van der Waals surface area (Å²) in [6.07, 6.45) is -1.05. The molecule has 0 bridgehead atoms.